The number of benzene rings is 2. The van der Waals surface area contributed by atoms with Crippen LogP contribution in [-0.4, -0.2) is 66.1 Å². The second-order valence-corrected chi connectivity index (χ2v) is 10.9. The van der Waals surface area contributed by atoms with Crippen molar-refractivity contribution >= 4 is 46.5 Å². The van der Waals surface area contributed by atoms with E-state index in [1.54, 1.807) is 29.2 Å². The molecule has 2 heterocycles. The number of amides is 4. The number of nitrogens with zero attached hydrogens (tertiary/aromatic N) is 2. The van der Waals surface area contributed by atoms with E-state index in [0.29, 0.717) is 41.8 Å². The van der Waals surface area contributed by atoms with Gasteiger partial charge in [0.15, 0.2) is 18.1 Å². The van der Waals surface area contributed by atoms with Crippen LogP contribution in [0.1, 0.15) is 36.5 Å². The fourth-order valence-corrected chi connectivity index (χ4v) is 5.17. The van der Waals surface area contributed by atoms with E-state index in [1.807, 2.05) is 32.0 Å². The molecule has 0 aliphatic carbocycles. The largest absolute Gasteiger partial charge is 0.493 e. The van der Waals surface area contributed by atoms with Crippen molar-refractivity contribution in [3.63, 3.8) is 0 Å². The molecule has 2 fully saturated rings. The lowest BCUT2D eigenvalue weighted by atomic mass is 9.99. The average molecular weight is 552 g/mol. The van der Waals surface area contributed by atoms with Crippen molar-refractivity contribution in [3.05, 3.63) is 58.0 Å². The minimum atomic E-state index is -0.494. The van der Waals surface area contributed by atoms with E-state index < -0.39 is 11.1 Å². The first-order valence-electron chi connectivity index (χ1n) is 12.9. The minimum Gasteiger partial charge on any atom is -0.493 e. The van der Waals surface area contributed by atoms with Gasteiger partial charge in [0.05, 0.1) is 12.0 Å². The van der Waals surface area contributed by atoms with E-state index in [1.165, 1.54) is 7.11 Å². The quantitative estimate of drug-likeness (QED) is 0.477. The summed E-state index contributed by atoms with van der Waals surface area (Å²) in [6, 6.07) is 10.7. The maximum absolute atomic E-state index is 12.9. The molecule has 2 aliphatic heterocycles. The van der Waals surface area contributed by atoms with Crippen LogP contribution in [0.25, 0.3) is 6.08 Å². The summed E-state index contributed by atoms with van der Waals surface area (Å²) in [5.41, 5.74) is 3.52. The van der Waals surface area contributed by atoms with Gasteiger partial charge in [-0.1, -0.05) is 19.1 Å². The molecule has 2 aromatic rings. The van der Waals surface area contributed by atoms with Crippen molar-refractivity contribution in [1.82, 2.24) is 9.80 Å². The van der Waals surface area contributed by atoms with Gasteiger partial charge in [0.1, 0.15) is 6.54 Å². The minimum absolute atomic E-state index is 0.213. The molecular weight excluding hydrogens is 518 g/mol. The molecule has 0 aromatic heterocycles. The first-order chi connectivity index (χ1) is 18.6. The number of anilines is 1. The fourth-order valence-electron chi connectivity index (χ4n) is 4.33. The number of carbonyl (C=O) groups excluding carboxylic acids is 4. The number of piperidine rings is 1. The SMILES string of the molecule is COc1cc(/C=C2/SC(=O)N(CC(=O)N3CCC(C)CC3)C2=O)ccc1OCC(=O)Nc1ccc(C)c(C)c1. The predicted octanol–water partition coefficient (Wildman–Crippen LogP) is 4.62. The molecule has 4 rings (SSSR count). The molecule has 2 aliphatic rings. The number of methoxy groups -OCH3 is 1. The zero-order valence-electron chi connectivity index (χ0n) is 22.6. The van der Waals surface area contributed by atoms with Crippen molar-refractivity contribution in [1.29, 1.82) is 0 Å². The Labute approximate surface area is 232 Å². The molecular formula is C29H33N3O6S. The van der Waals surface area contributed by atoms with E-state index in [2.05, 4.69) is 12.2 Å². The third-order valence-electron chi connectivity index (χ3n) is 6.94. The van der Waals surface area contributed by atoms with Gasteiger partial charge < -0.3 is 19.7 Å². The van der Waals surface area contributed by atoms with Crippen LogP contribution >= 0.6 is 11.8 Å². The summed E-state index contributed by atoms with van der Waals surface area (Å²) in [7, 11) is 1.47. The number of likely N-dealkylation sites (tertiary alicyclic amines) is 1. The van der Waals surface area contributed by atoms with Gasteiger partial charge in [-0.3, -0.25) is 24.1 Å². The zero-order chi connectivity index (χ0) is 28.1. The number of imide groups is 1. The second kappa shape index (κ2) is 12.4. The Balaban J connectivity index is 1.37. The van der Waals surface area contributed by atoms with Gasteiger partial charge in [-0.25, -0.2) is 0 Å². The molecule has 2 saturated heterocycles. The number of hydrogen-bond donors (Lipinski definition) is 1. The summed E-state index contributed by atoms with van der Waals surface area (Å²) in [5, 5.41) is 2.34. The van der Waals surface area contributed by atoms with Gasteiger partial charge in [0.2, 0.25) is 5.91 Å². The van der Waals surface area contributed by atoms with E-state index in [-0.39, 0.29) is 29.9 Å². The first-order valence-corrected chi connectivity index (χ1v) is 13.7. The monoisotopic (exact) mass is 551 g/mol. The molecule has 0 saturated carbocycles. The van der Waals surface area contributed by atoms with Gasteiger partial charge in [-0.05, 0) is 91.4 Å². The Morgan fingerprint density at radius 2 is 1.79 bits per heavy atom. The Morgan fingerprint density at radius 3 is 2.49 bits per heavy atom. The number of aryl methyl sites for hydroxylation is 2. The molecule has 0 atom stereocenters. The number of nitrogens with one attached hydrogen (secondary N) is 1. The van der Waals surface area contributed by atoms with Gasteiger partial charge in [0.25, 0.3) is 17.1 Å². The van der Waals surface area contributed by atoms with E-state index in [0.717, 1.165) is 40.6 Å². The molecule has 206 valence electrons. The fraction of sp³-hybridized carbons (Fsp3) is 0.379. The van der Waals surface area contributed by atoms with Crippen LogP contribution in [0.5, 0.6) is 11.5 Å². The summed E-state index contributed by atoms with van der Waals surface area (Å²) in [4.78, 5) is 53.4. The number of ether oxygens (including phenoxy) is 2. The van der Waals surface area contributed by atoms with Gasteiger partial charge in [-0.2, -0.15) is 0 Å². The third kappa shape index (κ3) is 7.00. The first kappa shape index (κ1) is 28.2. The molecule has 0 unspecified atom stereocenters. The lowest BCUT2D eigenvalue weighted by molar-refractivity contribution is -0.136. The number of thioether (sulfide) groups is 1. The lowest BCUT2D eigenvalue weighted by Crippen LogP contribution is -2.45. The Kier molecular flexibility index (Phi) is 8.96. The number of carbonyl (C=O) groups is 4. The third-order valence-corrected chi connectivity index (χ3v) is 7.85. The summed E-state index contributed by atoms with van der Waals surface area (Å²) in [6.45, 7) is 6.96. The zero-order valence-corrected chi connectivity index (χ0v) is 23.4. The summed E-state index contributed by atoms with van der Waals surface area (Å²) < 4.78 is 11.1. The maximum Gasteiger partial charge on any atom is 0.294 e. The van der Waals surface area contributed by atoms with Gasteiger partial charge in [0, 0.05) is 18.8 Å². The van der Waals surface area contributed by atoms with Crippen LogP contribution in [0, 0.1) is 19.8 Å². The molecule has 2 aromatic carbocycles. The normalized spacial score (nSPS) is 17.1. The van der Waals surface area contributed by atoms with Crippen LogP contribution in [-0.2, 0) is 14.4 Å². The maximum atomic E-state index is 12.9. The topological polar surface area (TPSA) is 105 Å². The highest BCUT2D eigenvalue weighted by Gasteiger charge is 2.37. The van der Waals surface area contributed by atoms with Crippen molar-refractivity contribution in [2.24, 2.45) is 5.92 Å². The second-order valence-electron chi connectivity index (χ2n) is 9.88. The highest BCUT2D eigenvalue weighted by atomic mass is 32.2. The summed E-state index contributed by atoms with van der Waals surface area (Å²) in [5.74, 6) is 0.284. The highest BCUT2D eigenvalue weighted by Crippen LogP contribution is 2.34. The van der Waals surface area contributed by atoms with Crippen LogP contribution in [0.15, 0.2) is 41.3 Å². The molecule has 9 nitrogen and oxygen atoms in total. The van der Waals surface area contributed by atoms with Crippen LogP contribution < -0.4 is 14.8 Å². The summed E-state index contributed by atoms with van der Waals surface area (Å²) in [6.07, 6.45) is 3.43. The van der Waals surface area contributed by atoms with Crippen molar-refractivity contribution in [2.75, 3.05) is 38.7 Å². The average Bonchev–Trinajstić information content (AvgIpc) is 3.17. The highest BCUT2D eigenvalue weighted by molar-refractivity contribution is 8.18. The number of hydrogen-bond acceptors (Lipinski definition) is 7. The van der Waals surface area contributed by atoms with E-state index in [4.69, 9.17) is 9.47 Å². The van der Waals surface area contributed by atoms with Crippen molar-refractivity contribution in [3.8, 4) is 11.5 Å². The summed E-state index contributed by atoms with van der Waals surface area (Å²) >= 11 is 0.803. The number of rotatable bonds is 8. The van der Waals surface area contributed by atoms with Crippen LogP contribution in [0.2, 0.25) is 0 Å². The predicted molar refractivity (Wildman–Crippen MR) is 151 cm³/mol. The molecule has 1 N–H and O–H groups in total. The lowest BCUT2D eigenvalue weighted by Gasteiger charge is -2.31. The Morgan fingerprint density at radius 1 is 1.05 bits per heavy atom. The molecule has 10 heteroatoms. The van der Waals surface area contributed by atoms with Crippen LogP contribution in [0.4, 0.5) is 10.5 Å². The van der Waals surface area contributed by atoms with Crippen molar-refractivity contribution in [2.45, 2.75) is 33.6 Å². The molecule has 4 amide bonds. The smallest absolute Gasteiger partial charge is 0.294 e. The van der Waals surface area contributed by atoms with Gasteiger partial charge >= 0.3 is 0 Å². The Bertz CT molecular complexity index is 1320. The van der Waals surface area contributed by atoms with E-state index >= 15 is 0 Å². The Hall–Kier alpha value is -3.79. The van der Waals surface area contributed by atoms with E-state index in [9.17, 15) is 19.2 Å². The van der Waals surface area contributed by atoms with Crippen molar-refractivity contribution < 1.29 is 28.7 Å². The molecule has 0 spiro atoms. The molecule has 0 radical (unpaired) electrons. The molecule has 0 bridgehead atoms. The van der Waals surface area contributed by atoms with Crippen LogP contribution in [0.3, 0.4) is 0 Å². The molecule has 39 heavy (non-hydrogen) atoms. The van der Waals surface area contributed by atoms with Gasteiger partial charge in [-0.15, -0.1) is 0 Å². The standard InChI is InChI=1S/C29H33N3O6S/c1-18-9-11-31(12-10-18)27(34)16-32-28(35)25(39-29(32)36)15-21-6-8-23(24(14-21)37-4)38-17-26(33)30-22-7-5-19(2)20(3)13-22/h5-8,13-15,18H,9-12,16-17H2,1-4H3,(H,30,33)/b25-15+.